The van der Waals surface area contributed by atoms with E-state index in [1.54, 1.807) is 0 Å². The van der Waals surface area contributed by atoms with Crippen molar-refractivity contribution >= 4 is 0 Å². The number of hydrogen-bond acceptors (Lipinski definition) is 3. The second-order valence-corrected chi connectivity index (χ2v) is 4.22. The second-order valence-electron chi connectivity index (χ2n) is 4.22. The first-order valence-electron chi connectivity index (χ1n) is 5.39. The van der Waals surface area contributed by atoms with E-state index in [0.717, 1.165) is 25.7 Å². The summed E-state index contributed by atoms with van der Waals surface area (Å²) in [7, 11) is 2.22. The zero-order valence-electron chi connectivity index (χ0n) is 8.46. The van der Waals surface area contributed by atoms with Crippen LogP contribution in [0.1, 0.15) is 19.3 Å². The fourth-order valence-corrected chi connectivity index (χ4v) is 2.27. The molecule has 2 aliphatic heterocycles. The molecule has 1 N–H and O–H groups in total. The van der Waals surface area contributed by atoms with Crippen LogP contribution in [0, 0.1) is 0 Å². The van der Waals surface area contributed by atoms with Gasteiger partial charge in [-0.1, -0.05) is 0 Å². The van der Waals surface area contributed by atoms with E-state index < -0.39 is 0 Å². The van der Waals surface area contributed by atoms with Crippen LogP contribution in [0.15, 0.2) is 0 Å². The smallest absolute Gasteiger partial charge is 0.0702 e. The van der Waals surface area contributed by atoms with Crippen molar-refractivity contribution in [2.75, 3.05) is 33.3 Å². The van der Waals surface area contributed by atoms with E-state index >= 15 is 0 Å². The van der Waals surface area contributed by atoms with Crippen LogP contribution < -0.4 is 5.32 Å². The SMILES string of the molecule is CN(CC1CCCO1)[C@H]1CCNC1. The Bertz CT molecular complexity index is 151. The summed E-state index contributed by atoms with van der Waals surface area (Å²) in [6, 6.07) is 0.740. The van der Waals surface area contributed by atoms with Gasteiger partial charge < -0.3 is 10.1 Å². The molecule has 2 aliphatic rings. The summed E-state index contributed by atoms with van der Waals surface area (Å²) in [5.74, 6) is 0. The third kappa shape index (κ3) is 2.42. The van der Waals surface area contributed by atoms with Crippen molar-refractivity contribution in [3.8, 4) is 0 Å². The lowest BCUT2D eigenvalue weighted by atomic mass is 10.2. The molecule has 0 aromatic rings. The van der Waals surface area contributed by atoms with Gasteiger partial charge in [0.2, 0.25) is 0 Å². The van der Waals surface area contributed by atoms with Gasteiger partial charge in [-0.05, 0) is 32.9 Å². The van der Waals surface area contributed by atoms with Gasteiger partial charge in [-0.15, -0.1) is 0 Å². The standard InChI is InChI=1S/C10H20N2O/c1-12(9-4-5-11-7-9)8-10-3-2-6-13-10/h9-11H,2-8H2,1H3/t9-,10?/m0/s1. The number of hydrogen-bond donors (Lipinski definition) is 1. The summed E-state index contributed by atoms with van der Waals surface area (Å²) in [5, 5.41) is 3.40. The Morgan fingerprint density at radius 3 is 3.00 bits per heavy atom. The molecule has 2 rings (SSSR count). The molecule has 0 aromatic carbocycles. The third-order valence-electron chi connectivity index (χ3n) is 3.17. The molecule has 13 heavy (non-hydrogen) atoms. The Morgan fingerprint density at radius 1 is 1.46 bits per heavy atom. The van der Waals surface area contributed by atoms with Crippen LogP contribution in [0.5, 0.6) is 0 Å². The minimum absolute atomic E-state index is 0.505. The zero-order valence-corrected chi connectivity index (χ0v) is 8.46. The van der Waals surface area contributed by atoms with Crippen molar-refractivity contribution in [2.45, 2.75) is 31.4 Å². The van der Waals surface area contributed by atoms with E-state index in [1.165, 1.54) is 25.8 Å². The van der Waals surface area contributed by atoms with Crippen LogP contribution in [0.4, 0.5) is 0 Å². The number of ether oxygens (including phenoxy) is 1. The van der Waals surface area contributed by atoms with Gasteiger partial charge in [0.25, 0.3) is 0 Å². The quantitative estimate of drug-likeness (QED) is 0.689. The van der Waals surface area contributed by atoms with Crippen LogP contribution in [0.2, 0.25) is 0 Å². The highest BCUT2D eigenvalue weighted by Gasteiger charge is 2.23. The summed E-state index contributed by atoms with van der Waals surface area (Å²) in [5.41, 5.74) is 0. The van der Waals surface area contributed by atoms with Gasteiger partial charge >= 0.3 is 0 Å². The summed E-state index contributed by atoms with van der Waals surface area (Å²) >= 11 is 0. The zero-order chi connectivity index (χ0) is 9.10. The van der Waals surface area contributed by atoms with E-state index in [-0.39, 0.29) is 0 Å². The fourth-order valence-electron chi connectivity index (χ4n) is 2.27. The highest BCUT2D eigenvalue weighted by molar-refractivity contribution is 4.81. The highest BCUT2D eigenvalue weighted by atomic mass is 16.5. The molecule has 2 atom stereocenters. The minimum atomic E-state index is 0.505. The molecule has 0 bridgehead atoms. The Labute approximate surface area is 80.4 Å². The lowest BCUT2D eigenvalue weighted by molar-refractivity contribution is 0.0706. The van der Waals surface area contributed by atoms with Crippen LogP contribution in [-0.2, 0) is 4.74 Å². The Kier molecular flexibility index (Phi) is 3.19. The summed E-state index contributed by atoms with van der Waals surface area (Å²) in [6.07, 6.45) is 4.31. The molecule has 0 aromatic heterocycles. The number of rotatable bonds is 3. The molecule has 2 fully saturated rings. The van der Waals surface area contributed by atoms with Crippen LogP contribution >= 0.6 is 0 Å². The average Bonchev–Trinajstić information content (AvgIpc) is 2.74. The number of nitrogens with one attached hydrogen (secondary N) is 1. The van der Waals surface area contributed by atoms with Gasteiger partial charge in [0.1, 0.15) is 0 Å². The van der Waals surface area contributed by atoms with Crippen molar-refractivity contribution in [3.05, 3.63) is 0 Å². The molecule has 0 amide bonds. The Morgan fingerprint density at radius 2 is 2.38 bits per heavy atom. The van der Waals surface area contributed by atoms with Gasteiger partial charge in [-0.2, -0.15) is 0 Å². The molecular formula is C10H20N2O. The lowest BCUT2D eigenvalue weighted by Crippen LogP contribution is -2.38. The van der Waals surface area contributed by atoms with Crippen molar-refractivity contribution in [1.29, 1.82) is 0 Å². The van der Waals surface area contributed by atoms with Crippen LogP contribution in [0.25, 0.3) is 0 Å². The topological polar surface area (TPSA) is 24.5 Å². The average molecular weight is 184 g/mol. The molecule has 2 heterocycles. The molecular weight excluding hydrogens is 164 g/mol. The molecule has 3 heteroatoms. The van der Waals surface area contributed by atoms with E-state index in [9.17, 15) is 0 Å². The molecule has 3 nitrogen and oxygen atoms in total. The van der Waals surface area contributed by atoms with Crippen molar-refractivity contribution < 1.29 is 4.74 Å². The highest BCUT2D eigenvalue weighted by Crippen LogP contribution is 2.15. The molecule has 2 saturated heterocycles. The van der Waals surface area contributed by atoms with E-state index in [4.69, 9.17) is 4.74 Å². The van der Waals surface area contributed by atoms with Gasteiger partial charge in [-0.3, -0.25) is 4.90 Å². The second kappa shape index (κ2) is 4.40. The third-order valence-corrected chi connectivity index (χ3v) is 3.17. The Hall–Kier alpha value is -0.120. The fraction of sp³-hybridized carbons (Fsp3) is 1.00. The van der Waals surface area contributed by atoms with Crippen LogP contribution in [-0.4, -0.2) is 50.3 Å². The first-order valence-corrected chi connectivity index (χ1v) is 5.39. The van der Waals surface area contributed by atoms with Gasteiger partial charge in [0, 0.05) is 25.7 Å². The molecule has 76 valence electrons. The molecule has 0 spiro atoms. The number of likely N-dealkylation sites (N-methyl/N-ethyl adjacent to an activating group) is 1. The van der Waals surface area contributed by atoms with Gasteiger partial charge in [-0.25, -0.2) is 0 Å². The predicted octanol–water partition coefficient (Wildman–Crippen LogP) is 0.459. The summed E-state index contributed by atoms with van der Waals surface area (Å²) in [4.78, 5) is 2.45. The first kappa shape index (κ1) is 9.44. The maximum atomic E-state index is 5.62. The largest absolute Gasteiger partial charge is 0.377 e. The molecule has 0 aliphatic carbocycles. The van der Waals surface area contributed by atoms with E-state index in [1.807, 2.05) is 0 Å². The lowest BCUT2D eigenvalue weighted by Gasteiger charge is -2.25. The summed E-state index contributed by atoms with van der Waals surface area (Å²) in [6.45, 7) is 4.43. The normalized spacial score (nSPS) is 34.6. The van der Waals surface area contributed by atoms with E-state index in [2.05, 4.69) is 17.3 Å². The first-order chi connectivity index (χ1) is 6.36. The van der Waals surface area contributed by atoms with Crippen molar-refractivity contribution in [2.24, 2.45) is 0 Å². The maximum absolute atomic E-state index is 5.62. The monoisotopic (exact) mass is 184 g/mol. The van der Waals surface area contributed by atoms with E-state index in [0.29, 0.717) is 6.10 Å². The van der Waals surface area contributed by atoms with Crippen LogP contribution in [0.3, 0.4) is 0 Å². The molecule has 0 saturated carbocycles. The van der Waals surface area contributed by atoms with Gasteiger partial charge in [0.05, 0.1) is 6.10 Å². The Balaban J connectivity index is 1.73. The maximum Gasteiger partial charge on any atom is 0.0702 e. The van der Waals surface area contributed by atoms with Crippen molar-refractivity contribution in [1.82, 2.24) is 10.2 Å². The molecule has 0 radical (unpaired) electrons. The predicted molar refractivity (Wildman–Crippen MR) is 52.9 cm³/mol. The summed E-state index contributed by atoms with van der Waals surface area (Å²) < 4.78 is 5.62. The van der Waals surface area contributed by atoms with Crippen molar-refractivity contribution in [3.63, 3.8) is 0 Å². The minimum Gasteiger partial charge on any atom is -0.377 e. The number of nitrogens with zero attached hydrogens (tertiary/aromatic N) is 1. The van der Waals surface area contributed by atoms with Gasteiger partial charge in [0.15, 0.2) is 0 Å². The molecule has 1 unspecified atom stereocenters.